The standard InChI is InChI=1S/C38H22S2/c1-2-12-25-23(10-1)11-9-18-27(25)34-28-14-3-5-16-30(28)35(31-17-6-4-15-29(31)34)36-37-24(20-21-39-37)22-32-26-13-7-8-19-33(26)40-38(32)36/h1-22H. The van der Waals surface area contributed by atoms with Crippen LogP contribution < -0.4 is 0 Å². The first-order valence-corrected chi connectivity index (χ1v) is 15.3. The molecule has 0 N–H and O–H groups in total. The molecule has 2 heteroatoms. The maximum Gasteiger partial charge on any atom is 0.0448 e. The number of thiophene rings is 2. The Morgan fingerprint density at radius 1 is 0.375 bits per heavy atom. The molecule has 0 atom stereocenters. The molecule has 0 saturated heterocycles. The molecular weight excluding hydrogens is 521 g/mol. The summed E-state index contributed by atoms with van der Waals surface area (Å²) in [5.41, 5.74) is 5.33. The van der Waals surface area contributed by atoms with Crippen LogP contribution in [0.15, 0.2) is 133 Å². The van der Waals surface area contributed by atoms with Crippen LogP contribution in [0.3, 0.4) is 0 Å². The van der Waals surface area contributed by atoms with Gasteiger partial charge in [0.2, 0.25) is 0 Å². The van der Waals surface area contributed by atoms with Crippen LogP contribution in [0.25, 0.3) is 84.8 Å². The minimum absolute atomic E-state index is 1.27. The van der Waals surface area contributed by atoms with E-state index in [9.17, 15) is 0 Å². The Morgan fingerprint density at radius 3 is 1.73 bits per heavy atom. The van der Waals surface area contributed by atoms with Gasteiger partial charge in [-0.25, -0.2) is 0 Å². The monoisotopic (exact) mass is 542 g/mol. The van der Waals surface area contributed by atoms with Crippen LogP contribution in [0.1, 0.15) is 0 Å². The van der Waals surface area contributed by atoms with E-state index in [0.717, 1.165) is 0 Å². The Labute approximate surface area is 239 Å². The van der Waals surface area contributed by atoms with Crippen molar-refractivity contribution < 1.29 is 0 Å². The first-order chi connectivity index (χ1) is 19.9. The SMILES string of the molecule is c1ccc2c(-c3c4ccccc4c(-c4c5sccc5cc5c4sc4ccccc45)c4ccccc34)cccc2c1. The Morgan fingerprint density at radius 2 is 0.975 bits per heavy atom. The van der Waals surface area contributed by atoms with Crippen LogP contribution in [0.2, 0.25) is 0 Å². The van der Waals surface area contributed by atoms with Crippen molar-refractivity contribution in [2.45, 2.75) is 0 Å². The third kappa shape index (κ3) is 3.06. The van der Waals surface area contributed by atoms with E-state index >= 15 is 0 Å². The summed E-state index contributed by atoms with van der Waals surface area (Å²) < 4.78 is 4.09. The average Bonchev–Trinajstić information content (AvgIpc) is 3.63. The average molecular weight is 543 g/mol. The summed E-state index contributed by atoms with van der Waals surface area (Å²) in [5.74, 6) is 0. The summed E-state index contributed by atoms with van der Waals surface area (Å²) in [6.45, 7) is 0. The van der Waals surface area contributed by atoms with Crippen molar-refractivity contribution in [2.24, 2.45) is 0 Å². The van der Waals surface area contributed by atoms with E-state index in [2.05, 4.69) is 133 Å². The second kappa shape index (κ2) is 8.50. The van der Waals surface area contributed by atoms with E-state index < -0.39 is 0 Å². The molecule has 0 saturated carbocycles. The van der Waals surface area contributed by atoms with Crippen molar-refractivity contribution in [3.8, 4) is 22.3 Å². The van der Waals surface area contributed by atoms with E-state index in [4.69, 9.17) is 0 Å². The normalized spacial score (nSPS) is 12.0. The van der Waals surface area contributed by atoms with Crippen LogP contribution in [-0.4, -0.2) is 0 Å². The number of benzene rings is 7. The second-order valence-corrected chi connectivity index (χ2v) is 12.4. The van der Waals surface area contributed by atoms with Crippen LogP contribution >= 0.6 is 22.7 Å². The van der Waals surface area contributed by atoms with E-state index in [-0.39, 0.29) is 0 Å². The van der Waals surface area contributed by atoms with Gasteiger partial charge in [0.05, 0.1) is 0 Å². The number of hydrogen-bond acceptors (Lipinski definition) is 2. The molecule has 0 unspecified atom stereocenters. The molecule has 0 nitrogen and oxygen atoms in total. The fourth-order valence-corrected chi connectivity index (χ4v) is 8.89. The Bertz CT molecular complexity index is 2370. The van der Waals surface area contributed by atoms with Crippen LogP contribution in [0, 0.1) is 0 Å². The van der Waals surface area contributed by atoms with Gasteiger partial charge in [-0.2, -0.15) is 0 Å². The van der Waals surface area contributed by atoms with Crippen LogP contribution in [-0.2, 0) is 0 Å². The van der Waals surface area contributed by atoms with Gasteiger partial charge >= 0.3 is 0 Å². The lowest BCUT2D eigenvalue weighted by Gasteiger charge is -2.19. The van der Waals surface area contributed by atoms with Crippen molar-refractivity contribution in [2.75, 3.05) is 0 Å². The predicted molar refractivity (Wildman–Crippen MR) is 178 cm³/mol. The van der Waals surface area contributed by atoms with E-state index in [0.29, 0.717) is 0 Å². The molecule has 0 bridgehead atoms. The Kier molecular flexibility index (Phi) is 4.74. The van der Waals surface area contributed by atoms with Gasteiger partial charge in [-0.1, -0.05) is 109 Å². The zero-order valence-electron chi connectivity index (χ0n) is 21.5. The van der Waals surface area contributed by atoms with Gasteiger partial charge in [0.25, 0.3) is 0 Å². The third-order valence-electron chi connectivity index (χ3n) is 8.32. The summed E-state index contributed by atoms with van der Waals surface area (Å²) in [6.07, 6.45) is 0. The van der Waals surface area contributed by atoms with Crippen LogP contribution in [0.4, 0.5) is 0 Å². The van der Waals surface area contributed by atoms with E-state index in [1.807, 2.05) is 22.7 Å². The van der Waals surface area contributed by atoms with Gasteiger partial charge < -0.3 is 0 Å². The molecular formula is C38H22S2. The molecule has 9 rings (SSSR count). The molecule has 7 aromatic carbocycles. The lowest BCUT2D eigenvalue weighted by Crippen LogP contribution is -1.92. The molecule has 2 heterocycles. The maximum atomic E-state index is 2.40. The molecule has 186 valence electrons. The van der Waals surface area contributed by atoms with Gasteiger partial charge in [0.1, 0.15) is 0 Å². The molecule has 0 aliphatic carbocycles. The minimum atomic E-state index is 1.27. The fraction of sp³-hybridized carbons (Fsp3) is 0. The van der Waals surface area contributed by atoms with Crippen molar-refractivity contribution >= 4 is 85.2 Å². The zero-order valence-corrected chi connectivity index (χ0v) is 23.2. The fourth-order valence-electron chi connectivity index (χ4n) is 6.65. The topological polar surface area (TPSA) is 0 Å². The first kappa shape index (κ1) is 22.3. The molecule has 0 aliphatic rings. The van der Waals surface area contributed by atoms with Crippen molar-refractivity contribution in [3.05, 3.63) is 133 Å². The molecule has 0 radical (unpaired) electrons. The van der Waals surface area contributed by atoms with E-state index in [1.165, 1.54) is 84.8 Å². The predicted octanol–water partition coefficient (Wildman–Crippen LogP) is 12.1. The summed E-state index contributed by atoms with van der Waals surface area (Å²) in [4.78, 5) is 0. The Balaban J connectivity index is 1.52. The molecule has 0 amide bonds. The molecule has 40 heavy (non-hydrogen) atoms. The number of hydrogen-bond donors (Lipinski definition) is 0. The summed E-state index contributed by atoms with van der Waals surface area (Å²) in [5, 5.41) is 14.0. The second-order valence-electron chi connectivity index (χ2n) is 10.4. The van der Waals surface area contributed by atoms with Crippen molar-refractivity contribution in [1.82, 2.24) is 0 Å². The maximum absolute atomic E-state index is 2.40. The zero-order chi connectivity index (χ0) is 26.2. The number of fused-ring (bicyclic) bond motifs is 7. The highest BCUT2D eigenvalue weighted by Gasteiger charge is 2.22. The van der Waals surface area contributed by atoms with Gasteiger partial charge in [-0.05, 0) is 72.4 Å². The third-order valence-corrected chi connectivity index (χ3v) is 10.5. The highest BCUT2D eigenvalue weighted by molar-refractivity contribution is 7.27. The van der Waals surface area contributed by atoms with Crippen molar-refractivity contribution in [3.63, 3.8) is 0 Å². The lowest BCUT2D eigenvalue weighted by molar-refractivity contribution is 1.70. The highest BCUT2D eigenvalue weighted by atomic mass is 32.1. The molecule has 2 aromatic heterocycles. The minimum Gasteiger partial charge on any atom is -0.143 e. The highest BCUT2D eigenvalue weighted by Crippen LogP contribution is 2.51. The summed E-state index contributed by atoms with van der Waals surface area (Å²) in [7, 11) is 0. The first-order valence-electron chi connectivity index (χ1n) is 13.6. The van der Waals surface area contributed by atoms with Crippen molar-refractivity contribution in [1.29, 1.82) is 0 Å². The Hall–Kier alpha value is -4.50. The summed E-state index contributed by atoms with van der Waals surface area (Å²) in [6, 6.07) is 47.1. The van der Waals surface area contributed by atoms with Gasteiger partial charge in [0.15, 0.2) is 0 Å². The quantitative estimate of drug-likeness (QED) is 0.191. The van der Waals surface area contributed by atoms with Gasteiger partial charge in [-0.15, -0.1) is 22.7 Å². The lowest BCUT2D eigenvalue weighted by atomic mass is 9.84. The molecule has 0 spiro atoms. The summed E-state index contributed by atoms with van der Waals surface area (Å²) >= 11 is 3.79. The van der Waals surface area contributed by atoms with Gasteiger partial charge in [0, 0.05) is 36.0 Å². The number of rotatable bonds is 2. The smallest absolute Gasteiger partial charge is 0.0448 e. The molecule has 9 aromatic rings. The molecule has 0 aliphatic heterocycles. The van der Waals surface area contributed by atoms with E-state index in [1.54, 1.807) is 0 Å². The van der Waals surface area contributed by atoms with Gasteiger partial charge in [-0.3, -0.25) is 0 Å². The van der Waals surface area contributed by atoms with Crippen LogP contribution in [0.5, 0.6) is 0 Å². The molecule has 0 fully saturated rings. The largest absolute Gasteiger partial charge is 0.143 e.